The summed E-state index contributed by atoms with van der Waals surface area (Å²) in [7, 11) is -4.13. The predicted octanol–water partition coefficient (Wildman–Crippen LogP) is 4.86. The van der Waals surface area contributed by atoms with Gasteiger partial charge >= 0.3 is 0 Å². The van der Waals surface area contributed by atoms with Gasteiger partial charge < -0.3 is 0 Å². The van der Waals surface area contributed by atoms with Gasteiger partial charge in [0.1, 0.15) is 0 Å². The molecule has 0 rings (SSSR count). The second-order valence-corrected chi connectivity index (χ2v) is 51.5. The lowest BCUT2D eigenvalue weighted by Gasteiger charge is -2.54. The van der Waals surface area contributed by atoms with Crippen LogP contribution in [0.2, 0.25) is 52.4 Å². The second-order valence-electron chi connectivity index (χ2n) is 7.88. The zero-order valence-corrected chi connectivity index (χ0v) is 19.9. The highest BCUT2D eigenvalue weighted by atomic mass is 32.2. The lowest BCUT2D eigenvalue weighted by Crippen LogP contribution is -2.80. The molecule has 0 unspecified atom stereocenters. The van der Waals surface area contributed by atoms with Crippen molar-refractivity contribution in [3.63, 3.8) is 0 Å². The monoisotopic (exact) mass is 354 g/mol. The largest absolute Gasteiger partial charge is 0.169 e. The van der Waals surface area contributed by atoms with Crippen LogP contribution in [0.15, 0.2) is 0 Å². The van der Waals surface area contributed by atoms with E-state index in [1.165, 1.54) is 10.8 Å². The Morgan fingerprint density at radius 1 is 0.556 bits per heavy atom. The highest BCUT2D eigenvalue weighted by molar-refractivity contribution is 8.04. The van der Waals surface area contributed by atoms with E-state index in [0.717, 1.165) is 0 Å². The molecule has 0 aromatic rings. The van der Waals surface area contributed by atoms with Gasteiger partial charge in [0.05, 0.1) is 0 Å². The summed E-state index contributed by atoms with van der Waals surface area (Å²) >= 11 is 4.21. The summed E-state index contributed by atoms with van der Waals surface area (Å²) in [4.78, 5) is 0. The maximum atomic E-state index is 2.76. The Balaban J connectivity index is 5.43. The highest BCUT2D eigenvalue weighted by Gasteiger charge is 2.57. The van der Waals surface area contributed by atoms with Crippen molar-refractivity contribution in [3.8, 4) is 0 Å². The first kappa shape index (κ1) is 19.6. The third-order valence-corrected chi connectivity index (χ3v) is 81.9. The van der Waals surface area contributed by atoms with Crippen molar-refractivity contribution in [2.45, 2.75) is 52.4 Å². The Morgan fingerprint density at radius 3 is 0.944 bits per heavy atom. The van der Waals surface area contributed by atoms with Gasteiger partial charge in [-0.25, -0.2) is 0 Å². The summed E-state index contributed by atoms with van der Waals surface area (Å²) in [5.41, 5.74) is 0. The second kappa shape index (κ2) is 6.55. The van der Waals surface area contributed by atoms with E-state index in [4.69, 9.17) is 0 Å². The van der Waals surface area contributed by atoms with E-state index in [1.54, 1.807) is 0 Å². The molecule has 0 fully saturated rings. The molecule has 0 nitrogen and oxygen atoms in total. The maximum Gasteiger partial charge on any atom is 0.0492 e. The minimum absolute atomic E-state index is 1.02. The fourth-order valence-corrected chi connectivity index (χ4v) is 86.7. The van der Waals surface area contributed by atoms with Crippen LogP contribution in [0.4, 0.5) is 0 Å². The van der Waals surface area contributed by atoms with Gasteiger partial charge in [-0.2, -0.15) is 23.5 Å². The van der Waals surface area contributed by atoms with E-state index in [-0.39, 0.29) is 0 Å². The van der Waals surface area contributed by atoms with Gasteiger partial charge in [0, 0.05) is 29.4 Å². The first-order chi connectivity index (χ1) is 7.87. The van der Waals surface area contributed by atoms with Crippen molar-refractivity contribution in [1.82, 2.24) is 0 Å². The van der Waals surface area contributed by atoms with Gasteiger partial charge in [0.25, 0.3) is 0 Å². The summed E-state index contributed by atoms with van der Waals surface area (Å²) in [5, 5.41) is 2.96. The number of thioether (sulfide) groups is 2. The molecule has 0 bridgehead atoms. The first-order valence-corrected chi connectivity index (χ1v) is 25.1. The van der Waals surface area contributed by atoms with Gasteiger partial charge in [-0.15, -0.1) is 0 Å². The molecule has 0 aliphatic carbocycles. The van der Waals surface area contributed by atoms with Crippen LogP contribution in [0.5, 0.6) is 0 Å². The van der Waals surface area contributed by atoms with Crippen LogP contribution in [-0.2, 0) is 0 Å². The summed E-state index contributed by atoms with van der Waals surface area (Å²) < 4.78 is 0. The zero-order valence-electron chi connectivity index (χ0n) is 14.2. The summed E-state index contributed by atoms with van der Waals surface area (Å²) in [6.07, 6.45) is 4.61. The molecule has 0 spiro atoms. The van der Waals surface area contributed by atoms with Crippen LogP contribution in [0.25, 0.3) is 0 Å². The predicted molar refractivity (Wildman–Crippen MR) is 107 cm³/mol. The Kier molecular flexibility index (Phi) is 7.13. The minimum Gasteiger partial charge on any atom is -0.169 e. The smallest absolute Gasteiger partial charge is 0.0492 e. The molecule has 110 valence electrons. The van der Waals surface area contributed by atoms with Gasteiger partial charge in [-0.3, -0.25) is 0 Å². The van der Waals surface area contributed by atoms with Gasteiger partial charge in [-0.05, 0) is 23.3 Å². The van der Waals surface area contributed by atoms with Gasteiger partial charge in [0.15, 0.2) is 0 Å². The molecule has 18 heavy (non-hydrogen) atoms. The normalized spacial score (nSPS) is 15.0. The van der Waals surface area contributed by atoms with Crippen LogP contribution in [-0.4, -0.2) is 52.7 Å². The van der Waals surface area contributed by atoms with Crippen LogP contribution in [0, 0.1) is 0 Å². The number of hydrogen-bond acceptors (Lipinski definition) is 2. The lowest BCUT2D eigenvalue weighted by molar-refractivity contribution is 1.69. The Labute approximate surface area is 128 Å². The standard InChI is InChI=1S/C12H34S2Si4/c1-13-11-15(3,4)17(7,8)18(9,10)16(5,6)12-14-2/h11-12H2,1-10H3. The van der Waals surface area contributed by atoms with E-state index in [9.17, 15) is 0 Å². The summed E-state index contributed by atoms with van der Waals surface area (Å²) in [6.45, 7) is 21.8. The van der Waals surface area contributed by atoms with Crippen LogP contribution in [0.1, 0.15) is 0 Å². The molecule has 0 N–H and O–H groups in total. The van der Waals surface area contributed by atoms with Crippen LogP contribution >= 0.6 is 23.5 Å². The van der Waals surface area contributed by atoms with Gasteiger partial charge in [-0.1, -0.05) is 52.4 Å². The average Bonchev–Trinajstić information content (AvgIpc) is 2.16. The van der Waals surface area contributed by atoms with Crippen LogP contribution < -0.4 is 0 Å². The van der Waals surface area contributed by atoms with Crippen molar-refractivity contribution in [1.29, 1.82) is 0 Å². The maximum absolute atomic E-state index is 2.76. The molecule has 0 aromatic heterocycles. The zero-order chi connectivity index (χ0) is 14.8. The van der Waals surface area contributed by atoms with E-state index >= 15 is 0 Å². The van der Waals surface area contributed by atoms with Gasteiger partial charge in [0.2, 0.25) is 0 Å². The van der Waals surface area contributed by atoms with Crippen molar-refractivity contribution >= 4 is 52.9 Å². The molecular weight excluding hydrogens is 321 g/mol. The average molecular weight is 355 g/mol. The third-order valence-electron chi connectivity index (χ3n) is 5.96. The molecule has 0 heterocycles. The topological polar surface area (TPSA) is 0 Å². The van der Waals surface area contributed by atoms with E-state index < -0.39 is 29.4 Å². The van der Waals surface area contributed by atoms with E-state index in [1.807, 2.05) is 0 Å². The molecule has 6 heteroatoms. The fraction of sp³-hybridized carbons (Fsp3) is 1.00. The minimum atomic E-state index is -1.05. The molecule has 0 aliphatic rings. The number of hydrogen-bond donors (Lipinski definition) is 0. The molecule has 0 radical (unpaired) electrons. The molecule has 0 aliphatic heterocycles. The number of rotatable bonds is 7. The van der Waals surface area contributed by atoms with E-state index in [2.05, 4.69) is 88.4 Å². The van der Waals surface area contributed by atoms with Crippen molar-refractivity contribution in [3.05, 3.63) is 0 Å². The molecule has 0 amide bonds. The summed E-state index contributed by atoms with van der Waals surface area (Å²) in [5.74, 6) is 0. The molecule has 0 atom stereocenters. The molecule has 0 saturated carbocycles. The first-order valence-electron chi connectivity index (χ1n) is 6.85. The van der Waals surface area contributed by atoms with E-state index in [0.29, 0.717) is 0 Å². The fourth-order valence-electron chi connectivity index (χ4n) is 2.77. The van der Waals surface area contributed by atoms with Crippen molar-refractivity contribution < 1.29 is 0 Å². The Bertz CT molecular complexity index is 247. The lowest BCUT2D eigenvalue weighted by atomic mass is 11.8. The molecule has 0 aromatic carbocycles. The third kappa shape index (κ3) is 3.61. The van der Waals surface area contributed by atoms with Crippen molar-refractivity contribution in [2.75, 3.05) is 23.3 Å². The molecular formula is C12H34S2Si4. The highest BCUT2D eigenvalue weighted by Crippen LogP contribution is 2.37. The SMILES string of the molecule is CSC[Si](C)(C)[Si](C)(C)[Si](C)(C)[Si](C)(C)CSC. The van der Waals surface area contributed by atoms with Crippen LogP contribution in [0.3, 0.4) is 0 Å². The summed E-state index contributed by atoms with van der Waals surface area (Å²) in [6, 6.07) is 0. The molecule has 0 saturated heterocycles. The Morgan fingerprint density at radius 2 is 0.778 bits per heavy atom. The quantitative estimate of drug-likeness (QED) is 0.599. The van der Waals surface area contributed by atoms with Crippen molar-refractivity contribution in [2.24, 2.45) is 0 Å². The Hall–Kier alpha value is 1.57.